The van der Waals surface area contributed by atoms with Gasteiger partial charge in [0.1, 0.15) is 10.8 Å². The molecule has 0 radical (unpaired) electrons. The van der Waals surface area contributed by atoms with Crippen molar-refractivity contribution in [2.24, 2.45) is 0 Å². The van der Waals surface area contributed by atoms with Crippen LogP contribution in [-0.2, 0) is 0 Å². The summed E-state index contributed by atoms with van der Waals surface area (Å²) in [6.45, 7) is 0. The van der Waals surface area contributed by atoms with Crippen molar-refractivity contribution >= 4 is 17.6 Å². The van der Waals surface area contributed by atoms with Gasteiger partial charge in [-0.15, -0.1) is 0 Å². The van der Waals surface area contributed by atoms with E-state index in [0.717, 1.165) is 5.56 Å². The first-order valence-electron chi connectivity index (χ1n) is 4.20. The summed E-state index contributed by atoms with van der Waals surface area (Å²) in [6.07, 6.45) is 3.25. The molecule has 2 rings (SSSR count). The number of rotatable bonds is 2. The smallest absolute Gasteiger partial charge is 0.352 e. The van der Waals surface area contributed by atoms with Crippen LogP contribution in [0, 0.1) is 0 Å². The van der Waals surface area contributed by atoms with Gasteiger partial charge in [-0.05, 0) is 23.8 Å². The van der Waals surface area contributed by atoms with Crippen molar-refractivity contribution in [3.05, 3.63) is 41.4 Å². The van der Waals surface area contributed by atoms with Gasteiger partial charge >= 0.3 is 5.97 Å². The number of halogens is 1. The number of aromatic amines is 1. The van der Waals surface area contributed by atoms with E-state index in [1.54, 1.807) is 24.5 Å². The average Bonchev–Trinajstić information content (AvgIpc) is 2.62. The third-order valence-electron chi connectivity index (χ3n) is 1.99. The number of carboxylic acids is 1. The van der Waals surface area contributed by atoms with Crippen molar-refractivity contribution in [3.63, 3.8) is 0 Å². The first kappa shape index (κ1) is 9.73. The van der Waals surface area contributed by atoms with Gasteiger partial charge in [-0.2, -0.15) is 0 Å². The highest BCUT2D eigenvalue weighted by Crippen LogP contribution is 2.27. The topological polar surface area (TPSA) is 66.0 Å². The zero-order valence-corrected chi connectivity index (χ0v) is 8.32. The molecule has 0 aliphatic heterocycles. The van der Waals surface area contributed by atoms with E-state index in [0.29, 0.717) is 10.7 Å². The molecule has 0 amide bonds. The Morgan fingerprint density at radius 2 is 2.07 bits per heavy atom. The molecule has 0 fully saturated rings. The van der Waals surface area contributed by atoms with E-state index >= 15 is 0 Å². The maximum atomic E-state index is 10.7. The second-order valence-electron chi connectivity index (χ2n) is 2.95. The van der Waals surface area contributed by atoms with Gasteiger partial charge in [-0.3, -0.25) is 4.98 Å². The van der Waals surface area contributed by atoms with E-state index in [9.17, 15) is 4.79 Å². The van der Waals surface area contributed by atoms with E-state index in [1.807, 2.05) is 0 Å². The van der Waals surface area contributed by atoms with Crippen molar-refractivity contribution < 1.29 is 9.90 Å². The number of carboxylic acid groups (broad SMARTS) is 1. The second kappa shape index (κ2) is 3.74. The number of H-pyrrole nitrogens is 1. The van der Waals surface area contributed by atoms with Gasteiger partial charge in [0.2, 0.25) is 0 Å². The van der Waals surface area contributed by atoms with Crippen LogP contribution in [0.5, 0.6) is 0 Å². The molecule has 2 heterocycles. The van der Waals surface area contributed by atoms with Gasteiger partial charge in [0.05, 0.1) is 0 Å². The minimum atomic E-state index is -1.03. The molecule has 2 aromatic rings. The fourth-order valence-electron chi connectivity index (χ4n) is 1.29. The van der Waals surface area contributed by atoms with Crippen LogP contribution in [0.1, 0.15) is 10.5 Å². The van der Waals surface area contributed by atoms with Crippen molar-refractivity contribution in [1.82, 2.24) is 9.97 Å². The Labute approximate surface area is 90.5 Å². The molecule has 0 saturated heterocycles. The summed E-state index contributed by atoms with van der Waals surface area (Å²) in [5, 5.41) is 9.09. The minimum absolute atomic E-state index is 0.0758. The molecule has 15 heavy (non-hydrogen) atoms. The number of hydrogen-bond donors (Lipinski definition) is 2. The van der Waals surface area contributed by atoms with E-state index in [4.69, 9.17) is 16.7 Å². The van der Waals surface area contributed by atoms with Crippen LogP contribution < -0.4 is 0 Å². The number of aromatic nitrogens is 2. The summed E-state index contributed by atoms with van der Waals surface area (Å²) in [5.41, 5.74) is 1.57. The third kappa shape index (κ3) is 1.85. The largest absolute Gasteiger partial charge is 0.477 e. The molecule has 2 aromatic heterocycles. The number of carbonyl (C=O) groups is 1. The Kier molecular flexibility index (Phi) is 2.43. The summed E-state index contributed by atoms with van der Waals surface area (Å²) in [7, 11) is 0. The van der Waals surface area contributed by atoms with Gasteiger partial charge in [0.25, 0.3) is 0 Å². The molecular weight excluding hydrogens is 216 g/mol. The predicted molar refractivity (Wildman–Crippen MR) is 56.0 cm³/mol. The molecule has 0 aliphatic rings. The van der Waals surface area contributed by atoms with Crippen molar-refractivity contribution in [2.75, 3.05) is 0 Å². The van der Waals surface area contributed by atoms with Gasteiger partial charge in [-0.25, -0.2) is 4.79 Å². The Morgan fingerprint density at radius 3 is 2.60 bits per heavy atom. The molecule has 76 valence electrons. The van der Waals surface area contributed by atoms with E-state index in [2.05, 4.69) is 9.97 Å². The molecular formula is C10H7ClN2O2. The summed E-state index contributed by atoms with van der Waals surface area (Å²) < 4.78 is 0. The highest BCUT2D eigenvalue weighted by Gasteiger charge is 2.12. The Hall–Kier alpha value is -1.81. The van der Waals surface area contributed by atoms with Crippen LogP contribution in [0.15, 0.2) is 30.6 Å². The molecule has 0 saturated carbocycles. The lowest BCUT2D eigenvalue weighted by Crippen LogP contribution is -1.94. The Bertz CT molecular complexity index is 493. The lowest BCUT2D eigenvalue weighted by atomic mass is 10.1. The minimum Gasteiger partial charge on any atom is -0.477 e. The standard InChI is InChI=1S/C10H7ClN2O2/c11-9-7(5-8(13-9)10(14)15)6-1-3-12-4-2-6/h1-5,13H,(H,14,15). The summed E-state index contributed by atoms with van der Waals surface area (Å²) in [4.78, 5) is 17.2. The van der Waals surface area contributed by atoms with Crippen LogP contribution >= 0.6 is 11.6 Å². The van der Waals surface area contributed by atoms with Crippen molar-refractivity contribution in [3.8, 4) is 11.1 Å². The van der Waals surface area contributed by atoms with Gasteiger partial charge in [-0.1, -0.05) is 11.6 Å². The van der Waals surface area contributed by atoms with Gasteiger partial charge in [0, 0.05) is 18.0 Å². The third-order valence-corrected chi connectivity index (χ3v) is 2.29. The van der Waals surface area contributed by atoms with Crippen LogP contribution in [0.25, 0.3) is 11.1 Å². The van der Waals surface area contributed by atoms with Crippen molar-refractivity contribution in [1.29, 1.82) is 0 Å². The second-order valence-corrected chi connectivity index (χ2v) is 3.33. The molecule has 2 N–H and O–H groups in total. The highest BCUT2D eigenvalue weighted by molar-refractivity contribution is 6.32. The quantitative estimate of drug-likeness (QED) is 0.820. The summed E-state index contributed by atoms with van der Waals surface area (Å²) in [5.74, 6) is -1.03. The van der Waals surface area contributed by atoms with Gasteiger partial charge < -0.3 is 10.1 Å². The lowest BCUT2D eigenvalue weighted by molar-refractivity contribution is 0.0691. The van der Waals surface area contributed by atoms with E-state index < -0.39 is 5.97 Å². The zero-order chi connectivity index (χ0) is 10.8. The fraction of sp³-hybridized carbons (Fsp3) is 0. The number of nitrogens with one attached hydrogen (secondary N) is 1. The fourth-order valence-corrected chi connectivity index (χ4v) is 1.55. The Balaban J connectivity index is 2.50. The predicted octanol–water partition coefficient (Wildman–Crippen LogP) is 2.43. The number of aromatic carboxylic acids is 1. The highest BCUT2D eigenvalue weighted by atomic mass is 35.5. The maximum absolute atomic E-state index is 10.7. The van der Waals surface area contributed by atoms with Crippen LogP contribution in [0.3, 0.4) is 0 Å². The normalized spacial score (nSPS) is 10.2. The van der Waals surface area contributed by atoms with E-state index in [1.165, 1.54) is 6.07 Å². The number of nitrogens with zero attached hydrogens (tertiary/aromatic N) is 1. The number of pyridine rings is 1. The van der Waals surface area contributed by atoms with Gasteiger partial charge in [0.15, 0.2) is 0 Å². The molecule has 4 nitrogen and oxygen atoms in total. The molecule has 0 aliphatic carbocycles. The number of hydrogen-bond acceptors (Lipinski definition) is 2. The van der Waals surface area contributed by atoms with E-state index in [-0.39, 0.29) is 5.69 Å². The molecule has 0 atom stereocenters. The van der Waals surface area contributed by atoms with Crippen LogP contribution in [0.2, 0.25) is 5.15 Å². The van der Waals surface area contributed by atoms with Crippen LogP contribution in [-0.4, -0.2) is 21.0 Å². The Morgan fingerprint density at radius 1 is 1.40 bits per heavy atom. The monoisotopic (exact) mass is 222 g/mol. The van der Waals surface area contributed by atoms with Crippen molar-refractivity contribution in [2.45, 2.75) is 0 Å². The van der Waals surface area contributed by atoms with Crippen LogP contribution in [0.4, 0.5) is 0 Å². The molecule has 0 bridgehead atoms. The molecule has 5 heteroatoms. The summed E-state index contributed by atoms with van der Waals surface area (Å²) >= 11 is 5.88. The first-order valence-corrected chi connectivity index (χ1v) is 4.58. The molecule has 0 unspecified atom stereocenters. The SMILES string of the molecule is O=C(O)c1cc(-c2ccncc2)c(Cl)[nH]1. The summed E-state index contributed by atoms with van der Waals surface area (Å²) in [6, 6.07) is 5.03. The average molecular weight is 223 g/mol. The molecule has 0 aromatic carbocycles. The maximum Gasteiger partial charge on any atom is 0.352 e. The first-order chi connectivity index (χ1) is 7.18. The lowest BCUT2D eigenvalue weighted by Gasteiger charge is -1.95. The zero-order valence-electron chi connectivity index (χ0n) is 7.57. The molecule has 0 spiro atoms.